The Hall–Kier alpha value is -1.37. The van der Waals surface area contributed by atoms with Crippen molar-refractivity contribution in [2.45, 2.75) is 6.61 Å². The minimum atomic E-state index is -0.180. The van der Waals surface area contributed by atoms with Gasteiger partial charge in [-0.3, -0.25) is 4.79 Å². The van der Waals surface area contributed by atoms with Gasteiger partial charge in [0.05, 0.1) is 11.3 Å². The van der Waals surface area contributed by atoms with Crippen molar-refractivity contribution in [3.8, 4) is 0 Å². The molecule has 3 rings (SSSR count). The molecular formula is C14H9Br2NO3. The zero-order valence-electron chi connectivity index (χ0n) is 10.1. The second-order valence-electron chi connectivity index (χ2n) is 4.28. The number of fused-ring (bicyclic) bond motifs is 1. The first-order valence-electron chi connectivity index (χ1n) is 5.80. The van der Waals surface area contributed by atoms with Gasteiger partial charge in [-0.15, -0.1) is 0 Å². The lowest BCUT2D eigenvalue weighted by Gasteiger charge is -2.02. The van der Waals surface area contributed by atoms with Gasteiger partial charge < -0.3 is 14.8 Å². The van der Waals surface area contributed by atoms with Crippen LogP contribution in [0.1, 0.15) is 17.1 Å². The molecule has 1 amide bonds. The van der Waals surface area contributed by atoms with E-state index in [1.54, 1.807) is 18.2 Å². The smallest absolute Gasteiger partial charge is 0.256 e. The van der Waals surface area contributed by atoms with Crippen LogP contribution in [0, 0.1) is 0 Å². The Morgan fingerprint density at radius 3 is 2.80 bits per heavy atom. The first-order valence-corrected chi connectivity index (χ1v) is 7.39. The largest absolute Gasteiger partial charge is 0.459 e. The predicted octanol–water partition coefficient (Wildman–Crippen LogP) is 3.79. The summed E-state index contributed by atoms with van der Waals surface area (Å²) in [7, 11) is 0. The summed E-state index contributed by atoms with van der Waals surface area (Å²) in [5.74, 6) is 0.815. The van der Waals surface area contributed by atoms with Crippen LogP contribution in [0.5, 0.6) is 0 Å². The van der Waals surface area contributed by atoms with E-state index in [4.69, 9.17) is 9.52 Å². The van der Waals surface area contributed by atoms with Gasteiger partial charge in [-0.05, 0) is 46.3 Å². The monoisotopic (exact) mass is 397 g/mol. The molecule has 0 aliphatic carbocycles. The van der Waals surface area contributed by atoms with E-state index < -0.39 is 0 Å². The molecule has 2 aromatic rings. The second-order valence-corrected chi connectivity index (χ2v) is 6.05. The van der Waals surface area contributed by atoms with E-state index in [-0.39, 0.29) is 12.5 Å². The summed E-state index contributed by atoms with van der Waals surface area (Å²) in [6.07, 6.45) is 1.67. The highest BCUT2D eigenvalue weighted by Crippen LogP contribution is 2.40. The van der Waals surface area contributed by atoms with Crippen molar-refractivity contribution in [2.75, 3.05) is 5.32 Å². The highest BCUT2D eigenvalue weighted by Gasteiger charge is 2.26. The number of carbonyl (C=O) groups is 1. The zero-order chi connectivity index (χ0) is 14.3. The number of halogens is 2. The third-order valence-electron chi connectivity index (χ3n) is 2.95. The Balaban J connectivity index is 2.10. The average molecular weight is 399 g/mol. The molecule has 0 radical (unpaired) electrons. The van der Waals surface area contributed by atoms with Crippen LogP contribution in [-0.2, 0) is 11.4 Å². The molecule has 0 atom stereocenters. The van der Waals surface area contributed by atoms with Crippen LogP contribution in [0.3, 0.4) is 0 Å². The maximum atomic E-state index is 12.1. The fourth-order valence-corrected chi connectivity index (χ4v) is 3.38. The maximum Gasteiger partial charge on any atom is 0.256 e. The first-order chi connectivity index (χ1) is 9.58. The minimum absolute atomic E-state index is 0.164. The molecule has 6 heteroatoms. The lowest BCUT2D eigenvalue weighted by molar-refractivity contribution is -0.110. The van der Waals surface area contributed by atoms with Crippen molar-refractivity contribution in [3.05, 3.63) is 50.3 Å². The van der Waals surface area contributed by atoms with Gasteiger partial charge in [-0.25, -0.2) is 0 Å². The number of furan rings is 1. The lowest BCUT2D eigenvalue weighted by Crippen LogP contribution is -2.03. The Kier molecular flexibility index (Phi) is 3.54. The third-order valence-corrected chi connectivity index (χ3v) is 4.04. The van der Waals surface area contributed by atoms with Crippen LogP contribution in [0.15, 0.2) is 37.6 Å². The van der Waals surface area contributed by atoms with E-state index in [1.807, 2.05) is 12.1 Å². The number of aliphatic hydroxyl groups is 1. The molecule has 20 heavy (non-hydrogen) atoms. The number of rotatable bonds is 2. The maximum absolute atomic E-state index is 12.1. The zero-order valence-corrected chi connectivity index (χ0v) is 13.3. The summed E-state index contributed by atoms with van der Waals surface area (Å²) in [5, 5.41) is 11.8. The molecular weight excluding hydrogens is 390 g/mol. The van der Waals surface area contributed by atoms with E-state index in [2.05, 4.69) is 37.2 Å². The molecule has 0 bridgehead atoms. The summed E-state index contributed by atoms with van der Waals surface area (Å²) in [6, 6.07) is 7.15. The number of hydrogen-bond acceptors (Lipinski definition) is 3. The number of amides is 1. The molecule has 1 aliphatic rings. The Bertz CT molecular complexity index is 734. The normalized spacial score (nSPS) is 15.6. The predicted molar refractivity (Wildman–Crippen MR) is 83.0 cm³/mol. The van der Waals surface area contributed by atoms with Gasteiger partial charge in [0.25, 0.3) is 5.91 Å². The minimum Gasteiger partial charge on any atom is -0.459 e. The topological polar surface area (TPSA) is 62.5 Å². The van der Waals surface area contributed by atoms with Gasteiger partial charge in [0, 0.05) is 14.5 Å². The fraction of sp³-hybridized carbons (Fsp3) is 0.0714. The molecule has 0 saturated heterocycles. The molecule has 4 nitrogen and oxygen atoms in total. The molecule has 1 aromatic heterocycles. The van der Waals surface area contributed by atoms with Crippen molar-refractivity contribution in [3.63, 3.8) is 0 Å². The molecule has 0 fully saturated rings. The van der Waals surface area contributed by atoms with E-state index in [1.165, 1.54) is 0 Å². The van der Waals surface area contributed by atoms with Crippen LogP contribution >= 0.6 is 31.9 Å². The number of benzene rings is 1. The first kappa shape index (κ1) is 13.6. The molecule has 0 unspecified atom stereocenters. The van der Waals surface area contributed by atoms with E-state index in [0.717, 1.165) is 20.2 Å². The Morgan fingerprint density at radius 1 is 1.30 bits per heavy atom. The summed E-state index contributed by atoms with van der Waals surface area (Å²) >= 11 is 6.84. The molecule has 2 heterocycles. The summed E-state index contributed by atoms with van der Waals surface area (Å²) < 4.78 is 7.08. The van der Waals surface area contributed by atoms with Crippen LogP contribution in [-0.4, -0.2) is 11.0 Å². The van der Waals surface area contributed by atoms with Gasteiger partial charge in [-0.1, -0.05) is 15.9 Å². The highest BCUT2D eigenvalue weighted by molar-refractivity contribution is 9.11. The number of anilines is 1. The molecule has 0 spiro atoms. The highest BCUT2D eigenvalue weighted by atomic mass is 79.9. The number of hydrogen-bond donors (Lipinski definition) is 2. The van der Waals surface area contributed by atoms with Crippen molar-refractivity contribution in [2.24, 2.45) is 0 Å². The summed E-state index contributed by atoms with van der Waals surface area (Å²) in [5.41, 5.74) is 2.08. The van der Waals surface area contributed by atoms with Gasteiger partial charge in [0.2, 0.25) is 0 Å². The van der Waals surface area contributed by atoms with Gasteiger partial charge in [0.1, 0.15) is 18.1 Å². The fourth-order valence-electron chi connectivity index (χ4n) is 2.06. The quantitative estimate of drug-likeness (QED) is 0.756. The second kappa shape index (κ2) is 5.20. The van der Waals surface area contributed by atoms with Crippen LogP contribution < -0.4 is 5.32 Å². The lowest BCUT2D eigenvalue weighted by atomic mass is 10.1. The van der Waals surface area contributed by atoms with Crippen LogP contribution in [0.2, 0.25) is 0 Å². The number of nitrogens with one attached hydrogen (secondary N) is 1. The molecule has 0 saturated carbocycles. The van der Waals surface area contributed by atoms with Crippen LogP contribution in [0.4, 0.5) is 5.69 Å². The average Bonchev–Trinajstić information content (AvgIpc) is 2.97. The van der Waals surface area contributed by atoms with Gasteiger partial charge in [-0.2, -0.15) is 0 Å². The molecule has 1 aromatic carbocycles. The van der Waals surface area contributed by atoms with Crippen molar-refractivity contribution < 1.29 is 14.3 Å². The van der Waals surface area contributed by atoms with Gasteiger partial charge >= 0.3 is 0 Å². The van der Waals surface area contributed by atoms with Crippen molar-refractivity contribution in [1.82, 2.24) is 0 Å². The van der Waals surface area contributed by atoms with E-state index in [0.29, 0.717) is 17.1 Å². The third kappa shape index (κ3) is 2.34. The number of aliphatic hydroxyl groups excluding tert-OH is 1. The summed E-state index contributed by atoms with van der Waals surface area (Å²) in [4.78, 5) is 12.1. The SMILES string of the molecule is O=C1Nc2c(Br)cc(Br)cc2C1=Cc1ccc(CO)o1. The Morgan fingerprint density at radius 2 is 2.10 bits per heavy atom. The number of carbonyl (C=O) groups excluding carboxylic acids is 1. The van der Waals surface area contributed by atoms with Crippen molar-refractivity contribution in [1.29, 1.82) is 0 Å². The van der Waals surface area contributed by atoms with E-state index >= 15 is 0 Å². The molecule has 1 aliphatic heterocycles. The Labute approximate surface area is 131 Å². The van der Waals surface area contributed by atoms with Crippen molar-refractivity contribution >= 4 is 55.1 Å². The molecule has 102 valence electrons. The summed E-state index contributed by atoms with van der Waals surface area (Å²) in [6.45, 7) is -0.164. The van der Waals surface area contributed by atoms with Crippen LogP contribution in [0.25, 0.3) is 11.6 Å². The standard InChI is InChI=1S/C14H9Br2NO3/c15-7-3-10-11(5-8-1-2-9(6-18)20-8)14(19)17-13(10)12(16)4-7/h1-5,18H,6H2,(H,17,19). The molecule has 2 N–H and O–H groups in total. The van der Waals surface area contributed by atoms with Gasteiger partial charge in [0.15, 0.2) is 0 Å². The van der Waals surface area contributed by atoms with E-state index in [9.17, 15) is 4.79 Å².